The largest absolute Gasteiger partial charge is 0.389 e. The lowest BCUT2D eigenvalue weighted by Gasteiger charge is -2.19. The van der Waals surface area contributed by atoms with Crippen LogP contribution in [0.15, 0.2) is 12.4 Å². The second-order valence-corrected chi connectivity index (χ2v) is 3.47. The SMILES string of the molecule is CN1CC(O)C(O)C1c1cn[nH]c1. The van der Waals surface area contributed by atoms with Crippen LogP contribution >= 0.6 is 0 Å². The lowest BCUT2D eigenvalue weighted by molar-refractivity contribution is 0.0381. The van der Waals surface area contributed by atoms with Crippen LogP contribution < -0.4 is 0 Å². The van der Waals surface area contributed by atoms with Crippen molar-refractivity contribution in [3.05, 3.63) is 18.0 Å². The molecule has 3 N–H and O–H groups in total. The molecule has 13 heavy (non-hydrogen) atoms. The molecule has 5 heteroatoms. The molecule has 1 saturated heterocycles. The Balaban J connectivity index is 2.24. The first-order chi connectivity index (χ1) is 6.20. The Morgan fingerprint density at radius 1 is 1.62 bits per heavy atom. The van der Waals surface area contributed by atoms with Crippen LogP contribution in [0.4, 0.5) is 0 Å². The molecule has 1 aliphatic rings. The second-order valence-electron chi connectivity index (χ2n) is 3.47. The summed E-state index contributed by atoms with van der Waals surface area (Å²) in [7, 11) is 1.87. The minimum atomic E-state index is -0.720. The van der Waals surface area contributed by atoms with Crippen molar-refractivity contribution in [2.75, 3.05) is 13.6 Å². The van der Waals surface area contributed by atoms with Gasteiger partial charge < -0.3 is 10.2 Å². The van der Waals surface area contributed by atoms with Gasteiger partial charge in [-0.1, -0.05) is 0 Å². The van der Waals surface area contributed by atoms with Crippen LogP contribution in [-0.4, -0.2) is 51.1 Å². The minimum absolute atomic E-state index is 0.145. The van der Waals surface area contributed by atoms with Gasteiger partial charge >= 0.3 is 0 Å². The molecule has 0 bridgehead atoms. The maximum Gasteiger partial charge on any atom is 0.101 e. The smallest absolute Gasteiger partial charge is 0.101 e. The Bertz CT molecular complexity index is 275. The second kappa shape index (κ2) is 3.10. The summed E-state index contributed by atoms with van der Waals surface area (Å²) in [5.74, 6) is 0. The number of aliphatic hydroxyl groups is 2. The molecule has 0 amide bonds. The van der Waals surface area contributed by atoms with Crippen LogP contribution in [-0.2, 0) is 0 Å². The Kier molecular flexibility index (Phi) is 2.07. The van der Waals surface area contributed by atoms with E-state index in [4.69, 9.17) is 0 Å². The van der Waals surface area contributed by atoms with Crippen LogP contribution in [0.1, 0.15) is 11.6 Å². The summed E-state index contributed by atoms with van der Waals surface area (Å²) in [6, 6.07) is -0.145. The van der Waals surface area contributed by atoms with E-state index in [2.05, 4.69) is 10.2 Å². The van der Waals surface area contributed by atoms with Crippen molar-refractivity contribution in [3.8, 4) is 0 Å². The van der Waals surface area contributed by atoms with Crippen molar-refractivity contribution in [1.29, 1.82) is 0 Å². The van der Waals surface area contributed by atoms with E-state index in [-0.39, 0.29) is 6.04 Å². The third-order valence-corrected chi connectivity index (χ3v) is 2.53. The van der Waals surface area contributed by atoms with Gasteiger partial charge in [0.05, 0.1) is 18.3 Å². The van der Waals surface area contributed by atoms with Gasteiger partial charge in [0.2, 0.25) is 0 Å². The highest BCUT2D eigenvalue weighted by molar-refractivity contribution is 5.15. The Labute approximate surface area is 76.0 Å². The van der Waals surface area contributed by atoms with Crippen molar-refractivity contribution in [3.63, 3.8) is 0 Å². The molecule has 0 saturated carbocycles. The van der Waals surface area contributed by atoms with Gasteiger partial charge in [0.1, 0.15) is 6.10 Å². The van der Waals surface area contributed by atoms with Gasteiger partial charge in [0.25, 0.3) is 0 Å². The summed E-state index contributed by atoms with van der Waals surface area (Å²) in [4.78, 5) is 1.92. The molecule has 3 atom stereocenters. The molecule has 2 heterocycles. The van der Waals surface area contributed by atoms with Crippen LogP contribution in [0, 0.1) is 0 Å². The number of nitrogens with zero attached hydrogens (tertiary/aromatic N) is 2. The molecular formula is C8H13N3O2. The third kappa shape index (κ3) is 1.35. The van der Waals surface area contributed by atoms with E-state index in [1.54, 1.807) is 12.4 Å². The number of aromatic amines is 1. The van der Waals surface area contributed by atoms with Crippen LogP contribution in [0.5, 0.6) is 0 Å². The van der Waals surface area contributed by atoms with E-state index in [9.17, 15) is 10.2 Å². The number of nitrogens with one attached hydrogen (secondary N) is 1. The number of hydrogen-bond donors (Lipinski definition) is 3. The summed E-state index contributed by atoms with van der Waals surface area (Å²) in [5, 5.41) is 25.6. The van der Waals surface area contributed by atoms with Crippen molar-refractivity contribution < 1.29 is 10.2 Å². The molecule has 2 rings (SSSR count). The van der Waals surface area contributed by atoms with E-state index in [1.165, 1.54) is 0 Å². The quantitative estimate of drug-likeness (QED) is 0.528. The molecule has 3 unspecified atom stereocenters. The lowest BCUT2D eigenvalue weighted by Crippen LogP contribution is -2.25. The summed E-state index contributed by atoms with van der Waals surface area (Å²) < 4.78 is 0. The maximum atomic E-state index is 9.67. The fourth-order valence-corrected chi connectivity index (χ4v) is 1.86. The average molecular weight is 183 g/mol. The Morgan fingerprint density at radius 2 is 2.38 bits per heavy atom. The maximum absolute atomic E-state index is 9.67. The topological polar surface area (TPSA) is 72.4 Å². The number of hydrogen-bond acceptors (Lipinski definition) is 4. The van der Waals surface area contributed by atoms with Crippen molar-refractivity contribution >= 4 is 0 Å². The number of aliphatic hydroxyl groups excluding tert-OH is 2. The fraction of sp³-hybridized carbons (Fsp3) is 0.625. The number of β-amino-alcohol motifs (C(OH)–C–C–N with tert-alkyl or cyclic N) is 1. The normalized spacial score (nSPS) is 35.5. The first-order valence-corrected chi connectivity index (χ1v) is 4.25. The molecule has 72 valence electrons. The van der Waals surface area contributed by atoms with E-state index in [1.807, 2.05) is 11.9 Å². The van der Waals surface area contributed by atoms with Crippen molar-refractivity contribution in [2.45, 2.75) is 18.2 Å². The van der Waals surface area contributed by atoms with Gasteiger partial charge in [-0.25, -0.2) is 0 Å². The van der Waals surface area contributed by atoms with E-state index >= 15 is 0 Å². The van der Waals surface area contributed by atoms with Gasteiger partial charge in [-0.05, 0) is 7.05 Å². The molecule has 1 fully saturated rings. The summed E-state index contributed by atoms with van der Waals surface area (Å²) in [6.45, 7) is 0.497. The lowest BCUT2D eigenvalue weighted by atomic mass is 10.1. The molecule has 0 aliphatic carbocycles. The standard InChI is InChI=1S/C8H13N3O2/c1-11-4-6(12)8(13)7(11)5-2-9-10-3-5/h2-3,6-8,12-13H,4H2,1H3,(H,9,10). The highest BCUT2D eigenvalue weighted by atomic mass is 16.3. The van der Waals surface area contributed by atoms with E-state index in [0.717, 1.165) is 5.56 Å². The molecule has 0 radical (unpaired) electrons. The van der Waals surface area contributed by atoms with Crippen LogP contribution in [0.25, 0.3) is 0 Å². The summed E-state index contributed by atoms with van der Waals surface area (Å²) in [5.41, 5.74) is 0.909. The third-order valence-electron chi connectivity index (χ3n) is 2.53. The monoisotopic (exact) mass is 183 g/mol. The molecule has 5 nitrogen and oxygen atoms in total. The highest BCUT2D eigenvalue weighted by Crippen LogP contribution is 2.30. The number of rotatable bonds is 1. The summed E-state index contributed by atoms with van der Waals surface area (Å²) >= 11 is 0. The van der Waals surface area contributed by atoms with Gasteiger partial charge in [0.15, 0.2) is 0 Å². The van der Waals surface area contributed by atoms with Crippen LogP contribution in [0.2, 0.25) is 0 Å². The first-order valence-electron chi connectivity index (χ1n) is 4.25. The van der Waals surface area contributed by atoms with E-state index < -0.39 is 12.2 Å². The van der Waals surface area contributed by atoms with E-state index in [0.29, 0.717) is 6.54 Å². The molecule has 0 spiro atoms. The summed E-state index contributed by atoms with van der Waals surface area (Å²) in [6.07, 6.45) is 2.03. The zero-order chi connectivity index (χ0) is 9.42. The molecule has 1 aliphatic heterocycles. The minimum Gasteiger partial charge on any atom is -0.389 e. The average Bonchev–Trinajstić information content (AvgIpc) is 2.63. The molecule has 1 aromatic rings. The van der Waals surface area contributed by atoms with Gasteiger partial charge in [-0.2, -0.15) is 5.10 Å². The Morgan fingerprint density at radius 3 is 2.85 bits per heavy atom. The highest BCUT2D eigenvalue weighted by Gasteiger charge is 2.38. The molecular weight excluding hydrogens is 170 g/mol. The molecule has 0 aromatic carbocycles. The number of likely N-dealkylation sites (N-methyl/N-ethyl adjacent to an activating group) is 1. The predicted octanol–water partition coefficient (Wildman–Crippen LogP) is -0.882. The fourth-order valence-electron chi connectivity index (χ4n) is 1.86. The Hall–Kier alpha value is -0.910. The van der Waals surface area contributed by atoms with Crippen molar-refractivity contribution in [1.82, 2.24) is 15.1 Å². The van der Waals surface area contributed by atoms with Gasteiger partial charge in [-0.15, -0.1) is 0 Å². The number of likely N-dealkylation sites (tertiary alicyclic amines) is 1. The zero-order valence-corrected chi connectivity index (χ0v) is 7.38. The first kappa shape index (κ1) is 8.68. The van der Waals surface area contributed by atoms with Gasteiger partial charge in [0, 0.05) is 18.3 Å². The van der Waals surface area contributed by atoms with Crippen LogP contribution in [0.3, 0.4) is 0 Å². The number of aromatic nitrogens is 2. The predicted molar refractivity (Wildman–Crippen MR) is 46.0 cm³/mol. The van der Waals surface area contributed by atoms with Gasteiger partial charge in [-0.3, -0.25) is 10.00 Å². The number of H-pyrrole nitrogens is 1. The molecule has 1 aromatic heterocycles. The van der Waals surface area contributed by atoms with Crippen molar-refractivity contribution in [2.24, 2.45) is 0 Å². The zero-order valence-electron chi connectivity index (χ0n) is 7.38.